The number of piperidine rings is 1. The molecule has 4 aliphatic carbocycles. The van der Waals surface area contributed by atoms with Crippen molar-refractivity contribution in [3.05, 3.63) is 0 Å². The molecule has 3 heteroatoms. The van der Waals surface area contributed by atoms with Gasteiger partial charge in [0, 0.05) is 6.04 Å². The maximum Gasteiger partial charge on any atom is 0.0132 e. The van der Waals surface area contributed by atoms with Crippen LogP contribution < -0.4 is 11.1 Å². The Morgan fingerprint density at radius 3 is 2.08 bits per heavy atom. The Bertz CT molecular complexity index is 737. The molecule has 9 unspecified atom stereocenters. The largest absolute Gasteiger partial charge is 0.330 e. The second-order valence-electron chi connectivity index (χ2n) is 16.3. The summed E-state index contributed by atoms with van der Waals surface area (Å²) in [6.45, 7) is 21.4. The Kier molecular flexibility index (Phi) is 8.75. The van der Waals surface area contributed by atoms with Gasteiger partial charge in [0.25, 0.3) is 0 Å². The molecule has 4 bridgehead atoms. The topological polar surface area (TPSA) is 41.3 Å². The minimum Gasteiger partial charge on any atom is -0.330 e. The van der Waals surface area contributed by atoms with E-state index in [1.165, 1.54) is 90.4 Å². The van der Waals surface area contributed by atoms with E-state index in [1.807, 2.05) is 0 Å². The molecular weight excluding hydrogens is 450 g/mol. The molecule has 1 aliphatic heterocycles. The number of nitrogens with one attached hydrogen (secondary N) is 1. The zero-order valence-corrected chi connectivity index (χ0v) is 25.6. The van der Waals surface area contributed by atoms with Crippen LogP contribution in [0.1, 0.15) is 112 Å². The Morgan fingerprint density at radius 1 is 0.838 bits per heavy atom. The molecule has 0 radical (unpaired) electrons. The predicted octanol–water partition coefficient (Wildman–Crippen LogP) is 7.20. The molecule has 0 aromatic carbocycles. The Hall–Kier alpha value is -0.120. The first-order valence-electron chi connectivity index (χ1n) is 16.8. The third kappa shape index (κ3) is 5.72. The third-order valence-electron chi connectivity index (χ3n) is 13.3. The van der Waals surface area contributed by atoms with E-state index in [0.717, 1.165) is 72.3 Å². The van der Waals surface area contributed by atoms with Crippen molar-refractivity contribution < 1.29 is 0 Å². The van der Waals surface area contributed by atoms with Gasteiger partial charge in [-0.05, 0) is 167 Å². The highest BCUT2D eigenvalue weighted by Crippen LogP contribution is 2.62. The van der Waals surface area contributed by atoms with E-state index in [2.05, 4.69) is 51.8 Å². The number of hydrogen-bond acceptors (Lipinski definition) is 3. The fourth-order valence-electron chi connectivity index (χ4n) is 11.2. The highest BCUT2D eigenvalue weighted by molar-refractivity contribution is 5.07. The first-order valence-corrected chi connectivity index (χ1v) is 16.8. The fraction of sp³-hybridized carbons (Fsp3) is 1.00. The van der Waals surface area contributed by atoms with E-state index in [-0.39, 0.29) is 0 Å². The average Bonchev–Trinajstić information content (AvgIpc) is 3.62. The van der Waals surface area contributed by atoms with Crippen LogP contribution in [0.2, 0.25) is 0 Å². The van der Waals surface area contributed by atoms with Crippen LogP contribution in [0, 0.1) is 64.1 Å². The lowest BCUT2D eigenvalue weighted by Gasteiger charge is -2.48. The van der Waals surface area contributed by atoms with E-state index in [9.17, 15) is 0 Å². The summed E-state index contributed by atoms with van der Waals surface area (Å²) in [6, 6.07) is 0.726. The molecule has 214 valence electrons. The molecule has 0 spiro atoms. The minimum atomic E-state index is 0.515. The molecule has 3 N–H and O–H groups in total. The highest BCUT2D eigenvalue weighted by Gasteiger charge is 2.56. The quantitative estimate of drug-likeness (QED) is 0.290. The first kappa shape index (κ1) is 28.4. The van der Waals surface area contributed by atoms with E-state index in [0.29, 0.717) is 10.8 Å². The summed E-state index contributed by atoms with van der Waals surface area (Å²) in [5.74, 6) is 8.37. The summed E-state index contributed by atoms with van der Waals surface area (Å²) in [4.78, 5) is 2.69. The second kappa shape index (κ2) is 11.4. The van der Waals surface area contributed by atoms with Crippen LogP contribution in [0.25, 0.3) is 0 Å². The van der Waals surface area contributed by atoms with Gasteiger partial charge in [-0.25, -0.2) is 0 Å². The molecule has 37 heavy (non-hydrogen) atoms. The first-order chi connectivity index (χ1) is 17.6. The highest BCUT2D eigenvalue weighted by atomic mass is 15.1. The molecule has 5 fully saturated rings. The molecule has 1 heterocycles. The predicted molar refractivity (Wildman–Crippen MR) is 158 cm³/mol. The monoisotopic (exact) mass is 514 g/mol. The van der Waals surface area contributed by atoms with Crippen LogP contribution in [-0.2, 0) is 0 Å². The van der Waals surface area contributed by atoms with Gasteiger partial charge in [0.15, 0.2) is 0 Å². The van der Waals surface area contributed by atoms with Gasteiger partial charge < -0.3 is 16.0 Å². The Morgan fingerprint density at radius 2 is 1.49 bits per heavy atom. The van der Waals surface area contributed by atoms with E-state index in [1.54, 1.807) is 0 Å². The summed E-state index contributed by atoms with van der Waals surface area (Å²) in [6.07, 6.45) is 15.9. The van der Waals surface area contributed by atoms with Crippen LogP contribution in [0.3, 0.4) is 0 Å². The van der Waals surface area contributed by atoms with Gasteiger partial charge in [-0.15, -0.1) is 0 Å². The molecule has 3 nitrogen and oxygen atoms in total. The summed E-state index contributed by atoms with van der Waals surface area (Å²) < 4.78 is 0. The number of nitrogens with zero attached hydrogens (tertiary/aromatic N) is 1. The minimum absolute atomic E-state index is 0.515. The second-order valence-corrected chi connectivity index (χ2v) is 16.3. The maximum absolute atomic E-state index is 5.81. The van der Waals surface area contributed by atoms with Crippen molar-refractivity contribution in [3.63, 3.8) is 0 Å². The molecule has 1 saturated heterocycles. The Balaban J connectivity index is 1.17. The zero-order valence-electron chi connectivity index (χ0n) is 25.6. The van der Waals surface area contributed by atoms with Crippen molar-refractivity contribution in [2.24, 2.45) is 69.8 Å². The van der Waals surface area contributed by atoms with Gasteiger partial charge >= 0.3 is 0 Å². The number of fused-ring (bicyclic) bond motifs is 4. The van der Waals surface area contributed by atoms with Gasteiger partial charge in [0.1, 0.15) is 0 Å². The van der Waals surface area contributed by atoms with Gasteiger partial charge in [-0.3, -0.25) is 0 Å². The number of rotatable bonds is 12. The molecular formula is C34H63N3. The number of nitrogens with two attached hydrogens (primary N) is 1. The lowest BCUT2D eigenvalue weighted by molar-refractivity contribution is 0.0399. The van der Waals surface area contributed by atoms with Crippen LogP contribution in [-0.4, -0.2) is 43.7 Å². The van der Waals surface area contributed by atoms with Crippen LogP contribution in [0.5, 0.6) is 0 Å². The molecule has 0 aromatic heterocycles. The normalized spacial score (nSPS) is 39.3. The van der Waals surface area contributed by atoms with Gasteiger partial charge in [-0.2, -0.15) is 0 Å². The summed E-state index contributed by atoms with van der Waals surface area (Å²) >= 11 is 0. The smallest absolute Gasteiger partial charge is 0.0132 e. The van der Waals surface area contributed by atoms with Crippen molar-refractivity contribution in [1.29, 1.82) is 0 Å². The number of likely N-dealkylation sites (tertiary alicyclic amines) is 1. The van der Waals surface area contributed by atoms with Crippen molar-refractivity contribution in [2.45, 2.75) is 118 Å². The summed E-state index contributed by atoms with van der Waals surface area (Å²) in [5.41, 5.74) is 6.92. The molecule has 5 aliphatic rings. The maximum atomic E-state index is 5.81. The SMILES string of the molecule is CC(CNC(C1CCN(CCCN)CC1)C1C2CCC(C2)C1(C)C)CC(C)CC1C2CCC(C2)C1(C)C. The van der Waals surface area contributed by atoms with Crippen LogP contribution in [0.4, 0.5) is 0 Å². The Labute approximate surface area is 230 Å². The third-order valence-corrected chi connectivity index (χ3v) is 13.3. The molecule has 4 saturated carbocycles. The van der Waals surface area contributed by atoms with Crippen molar-refractivity contribution >= 4 is 0 Å². The fourth-order valence-corrected chi connectivity index (χ4v) is 11.2. The number of hydrogen-bond donors (Lipinski definition) is 2. The van der Waals surface area contributed by atoms with Crippen LogP contribution >= 0.6 is 0 Å². The van der Waals surface area contributed by atoms with E-state index in [4.69, 9.17) is 5.73 Å². The summed E-state index contributed by atoms with van der Waals surface area (Å²) in [5, 5.41) is 4.33. The molecule has 0 aromatic rings. The summed E-state index contributed by atoms with van der Waals surface area (Å²) in [7, 11) is 0. The standard InChI is InChI=1S/C34H63N3/c1-23(19-30-26-8-10-28(20-26)33(30,3)4)18-24(2)22-36-32(25-12-16-37(17-13-25)15-7-14-35)31-27-9-11-29(21-27)34(31,5)6/h23-32,36H,7-22,35H2,1-6H3. The lowest BCUT2D eigenvalue weighted by Crippen LogP contribution is -2.53. The average molecular weight is 514 g/mol. The zero-order chi connectivity index (χ0) is 26.4. The van der Waals surface area contributed by atoms with Crippen molar-refractivity contribution in [1.82, 2.24) is 10.2 Å². The van der Waals surface area contributed by atoms with E-state index < -0.39 is 0 Å². The van der Waals surface area contributed by atoms with Crippen molar-refractivity contribution in [2.75, 3.05) is 32.7 Å². The molecule has 5 rings (SSSR count). The van der Waals surface area contributed by atoms with Gasteiger partial charge in [-0.1, -0.05) is 41.5 Å². The molecule has 9 atom stereocenters. The van der Waals surface area contributed by atoms with Gasteiger partial charge in [0.05, 0.1) is 0 Å². The van der Waals surface area contributed by atoms with Crippen LogP contribution in [0.15, 0.2) is 0 Å². The van der Waals surface area contributed by atoms with Gasteiger partial charge in [0.2, 0.25) is 0 Å². The van der Waals surface area contributed by atoms with Crippen molar-refractivity contribution in [3.8, 4) is 0 Å². The lowest BCUT2D eigenvalue weighted by atomic mass is 9.62. The molecule has 0 amide bonds. The van der Waals surface area contributed by atoms with E-state index >= 15 is 0 Å².